The molecular weight excluding hydrogens is 354 g/mol. The maximum Gasteiger partial charge on any atom is 0.255 e. The second-order valence-electron chi connectivity index (χ2n) is 8.49. The van der Waals surface area contributed by atoms with Crippen molar-refractivity contribution < 1.29 is 14.7 Å². The van der Waals surface area contributed by atoms with E-state index < -0.39 is 6.10 Å². The van der Waals surface area contributed by atoms with Gasteiger partial charge in [-0.25, -0.2) is 0 Å². The van der Waals surface area contributed by atoms with Crippen LogP contribution in [0.4, 0.5) is 0 Å². The molecule has 1 atom stereocenters. The van der Waals surface area contributed by atoms with Crippen molar-refractivity contribution in [2.24, 2.45) is 5.41 Å². The van der Waals surface area contributed by atoms with Crippen molar-refractivity contribution in [3.63, 3.8) is 0 Å². The van der Waals surface area contributed by atoms with Crippen molar-refractivity contribution in [1.82, 2.24) is 14.8 Å². The number of hydrogen-bond acceptors (Lipinski definition) is 4. The minimum absolute atomic E-state index is 0.0774. The number of nitrogens with zero attached hydrogens (tertiary/aromatic N) is 3. The van der Waals surface area contributed by atoms with Gasteiger partial charge in [0.05, 0.1) is 11.7 Å². The lowest BCUT2D eigenvalue weighted by molar-refractivity contribution is -0.134. The van der Waals surface area contributed by atoms with Gasteiger partial charge in [-0.2, -0.15) is 0 Å². The molecule has 152 valence electrons. The van der Waals surface area contributed by atoms with Gasteiger partial charge in [-0.3, -0.25) is 14.6 Å². The highest BCUT2D eigenvalue weighted by molar-refractivity contribution is 5.94. The first kappa shape index (κ1) is 20.5. The van der Waals surface area contributed by atoms with Crippen molar-refractivity contribution in [1.29, 1.82) is 0 Å². The van der Waals surface area contributed by atoms with E-state index in [9.17, 15) is 14.7 Å². The number of aliphatic hydroxyl groups is 1. The number of hydrogen-bond donors (Lipinski definition) is 1. The monoisotopic (exact) mass is 385 g/mol. The van der Waals surface area contributed by atoms with Crippen LogP contribution < -0.4 is 0 Å². The third kappa shape index (κ3) is 4.98. The van der Waals surface area contributed by atoms with Crippen LogP contribution in [0.5, 0.6) is 0 Å². The van der Waals surface area contributed by atoms with Gasteiger partial charge in [0, 0.05) is 45.0 Å². The van der Waals surface area contributed by atoms with E-state index in [1.807, 2.05) is 18.7 Å². The van der Waals surface area contributed by atoms with Crippen molar-refractivity contribution in [3.8, 4) is 0 Å². The molecule has 3 heterocycles. The molecule has 28 heavy (non-hydrogen) atoms. The van der Waals surface area contributed by atoms with Crippen molar-refractivity contribution in [3.05, 3.63) is 41.7 Å². The number of carbonyl (C=O) groups excluding carboxylic acids is 2. The number of pyridine rings is 1. The molecule has 2 fully saturated rings. The van der Waals surface area contributed by atoms with Gasteiger partial charge >= 0.3 is 0 Å². The van der Waals surface area contributed by atoms with Crippen LogP contribution in [0.1, 0.15) is 56.3 Å². The molecule has 1 unspecified atom stereocenters. The molecule has 6 heteroatoms. The topological polar surface area (TPSA) is 73.7 Å². The molecule has 0 aromatic carbocycles. The highest BCUT2D eigenvalue weighted by atomic mass is 16.3. The van der Waals surface area contributed by atoms with Crippen molar-refractivity contribution >= 4 is 11.8 Å². The summed E-state index contributed by atoms with van der Waals surface area (Å²) >= 11 is 0. The lowest BCUT2D eigenvalue weighted by Gasteiger charge is -2.49. The summed E-state index contributed by atoms with van der Waals surface area (Å²) in [6.07, 6.45) is 8.49. The highest BCUT2D eigenvalue weighted by Crippen LogP contribution is 2.40. The van der Waals surface area contributed by atoms with E-state index in [-0.39, 0.29) is 17.2 Å². The van der Waals surface area contributed by atoms with Gasteiger partial charge in [0.15, 0.2) is 0 Å². The third-order valence-corrected chi connectivity index (χ3v) is 5.91. The molecule has 2 amide bonds. The largest absolute Gasteiger partial charge is 0.391 e. The SMILES string of the molecule is CC(C)=CCCC(=O)N1CCC2(CC1)CC(O)CN(C(=O)c1cccnc1)C2. The fourth-order valence-corrected chi connectivity index (χ4v) is 4.41. The van der Waals surface area contributed by atoms with E-state index >= 15 is 0 Å². The van der Waals surface area contributed by atoms with Crippen LogP contribution in [0.2, 0.25) is 0 Å². The molecule has 1 N–H and O–H groups in total. The second-order valence-corrected chi connectivity index (χ2v) is 8.49. The summed E-state index contributed by atoms with van der Waals surface area (Å²) in [5.41, 5.74) is 1.69. The standard InChI is InChI=1S/C22H31N3O3/c1-17(2)5-3-7-20(27)24-11-8-22(9-12-24)13-19(26)15-25(16-22)21(28)18-6-4-10-23-14-18/h4-6,10,14,19,26H,3,7-9,11-13,15-16H2,1-2H3. The fraction of sp³-hybridized carbons (Fsp3) is 0.591. The molecule has 6 nitrogen and oxygen atoms in total. The molecule has 3 rings (SSSR count). The maximum atomic E-state index is 12.8. The molecule has 0 saturated carbocycles. The van der Waals surface area contributed by atoms with Gasteiger partial charge in [0.1, 0.15) is 0 Å². The molecule has 2 aliphatic rings. The van der Waals surface area contributed by atoms with E-state index in [2.05, 4.69) is 11.1 Å². The summed E-state index contributed by atoms with van der Waals surface area (Å²) in [5, 5.41) is 10.4. The number of β-amino-alcohol motifs (C(OH)–C–C–N with tert-alkyl or cyclic N) is 1. The Morgan fingerprint density at radius 1 is 1.29 bits per heavy atom. The summed E-state index contributed by atoms with van der Waals surface area (Å²) in [6.45, 7) is 6.49. The quantitative estimate of drug-likeness (QED) is 0.809. The van der Waals surface area contributed by atoms with Gasteiger partial charge in [-0.05, 0) is 57.1 Å². The van der Waals surface area contributed by atoms with Gasteiger partial charge in [-0.15, -0.1) is 0 Å². The second kappa shape index (κ2) is 8.86. The van der Waals surface area contributed by atoms with Crippen LogP contribution >= 0.6 is 0 Å². The van der Waals surface area contributed by atoms with Crippen LogP contribution in [-0.4, -0.2) is 64.0 Å². The van der Waals surface area contributed by atoms with Crippen molar-refractivity contribution in [2.75, 3.05) is 26.2 Å². The molecule has 1 aromatic heterocycles. The number of piperidine rings is 2. The smallest absolute Gasteiger partial charge is 0.255 e. The predicted octanol–water partition coefficient (Wildman–Crippen LogP) is 2.64. The van der Waals surface area contributed by atoms with E-state index in [4.69, 9.17) is 0 Å². The number of rotatable bonds is 4. The molecular formula is C22H31N3O3. The Morgan fingerprint density at radius 2 is 2.04 bits per heavy atom. The summed E-state index contributed by atoms with van der Waals surface area (Å²) in [5.74, 6) is 0.124. The number of carbonyl (C=O) groups is 2. The Hall–Kier alpha value is -2.21. The van der Waals surface area contributed by atoms with Gasteiger partial charge in [0.25, 0.3) is 5.91 Å². The van der Waals surface area contributed by atoms with Crippen LogP contribution in [0.25, 0.3) is 0 Å². The summed E-state index contributed by atoms with van der Waals surface area (Å²) < 4.78 is 0. The van der Waals surface area contributed by atoms with E-state index in [0.717, 1.165) is 19.3 Å². The zero-order chi connectivity index (χ0) is 20.1. The Labute approximate surface area is 167 Å². The van der Waals surface area contributed by atoms with Crippen LogP contribution in [0.15, 0.2) is 36.2 Å². The first-order valence-corrected chi connectivity index (χ1v) is 10.2. The van der Waals surface area contributed by atoms with Gasteiger partial charge in [-0.1, -0.05) is 11.6 Å². The van der Waals surface area contributed by atoms with Gasteiger partial charge < -0.3 is 14.9 Å². The van der Waals surface area contributed by atoms with E-state index in [1.54, 1.807) is 29.4 Å². The summed E-state index contributed by atoms with van der Waals surface area (Å²) in [6, 6.07) is 3.51. The van der Waals surface area contributed by atoms with E-state index in [0.29, 0.717) is 44.6 Å². The molecule has 0 bridgehead atoms. The van der Waals surface area contributed by atoms with Crippen molar-refractivity contribution in [2.45, 2.75) is 52.1 Å². The summed E-state index contributed by atoms with van der Waals surface area (Å²) in [7, 11) is 0. The lowest BCUT2D eigenvalue weighted by atomic mass is 9.71. The molecule has 0 radical (unpaired) electrons. The van der Waals surface area contributed by atoms with Crippen LogP contribution in [0.3, 0.4) is 0 Å². The average molecular weight is 386 g/mol. The lowest BCUT2D eigenvalue weighted by Crippen LogP contribution is -2.55. The predicted molar refractivity (Wildman–Crippen MR) is 108 cm³/mol. The molecule has 1 aromatic rings. The third-order valence-electron chi connectivity index (χ3n) is 5.91. The molecule has 2 aliphatic heterocycles. The maximum absolute atomic E-state index is 12.8. The minimum atomic E-state index is -0.519. The first-order chi connectivity index (χ1) is 13.4. The first-order valence-electron chi connectivity index (χ1n) is 10.2. The Bertz CT molecular complexity index is 720. The average Bonchev–Trinajstić information content (AvgIpc) is 2.67. The Kier molecular flexibility index (Phi) is 6.50. The zero-order valence-electron chi connectivity index (χ0n) is 16.9. The minimum Gasteiger partial charge on any atom is -0.391 e. The number of amides is 2. The number of likely N-dealkylation sites (tertiary alicyclic amines) is 2. The van der Waals surface area contributed by atoms with Crippen LogP contribution in [0, 0.1) is 5.41 Å². The fourth-order valence-electron chi connectivity index (χ4n) is 4.41. The number of allylic oxidation sites excluding steroid dienone is 2. The van der Waals surface area contributed by atoms with E-state index in [1.165, 1.54) is 5.57 Å². The van der Waals surface area contributed by atoms with Gasteiger partial charge in [0.2, 0.25) is 5.91 Å². The summed E-state index contributed by atoms with van der Waals surface area (Å²) in [4.78, 5) is 33.0. The Morgan fingerprint density at radius 3 is 2.68 bits per heavy atom. The van der Waals surface area contributed by atoms with Crippen LogP contribution in [-0.2, 0) is 4.79 Å². The molecule has 2 saturated heterocycles. The molecule has 0 aliphatic carbocycles. The highest BCUT2D eigenvalue weighted by Gasteiger charge is 2.43. The Balaban J connectivity index is 1.59. The number of aliphatic hydroxyl groups excluding tert-OH is 1. The molecule has 1 spiro atoms. The number of aromatic nitrogens is 1. The normalized spacial score (nSPS) is 21.5. The zero-order valence-corrected chi connectivity index (χ0v) is 16.9.